The predicted octanol–water partition coefficient (Wildman–Crippen LogP) is 1.73. The minimum atomic E-state index is -5.21. The Labute approximate surface area is 278 Å². The highest BCUT2D eigenvalue weighted by atomic mass is 32.3. The van der Waals surface area contributed by atoms with E-state index < -0.39 is 102 Å². The van der Waals surface area contributed by atoms with Crippen LogP contribution in [0.25, 0.3) is 0 Å². The van der Waals surface area contributed by atoms with E-state index in [1.807, 2.05) is 13.8 Å². The Hall–Kier alpha value is -0.510. The fourth-order valence-corrected chi connectivity index (χ4v) is 12.5. The van der Waals surface area contributed by atoms with Crippen molar-refractivity contribution in [1.82, 2.24) is 4.72 Å². The third-order valence-electron chi connectivity index (χ3n) is 13.0. The number of fused-ring (bicyclic) bond motifs is 7. The topological polar surface area (TPSA) is 232 Å². The van der Waals surface area contributed by atoms with Gasteiger partial charge in [0.05, 0.1) is 24.4 Å². The molecule has 0 bridgehead atoms. The minimum absolute atomic E-state index is 0.0100. The lowest BCUT2D eigenvalue weighted by atomic mass is 9.42. The molecule has 1 aliphatic heterocycles. The summed E-state index contributed by atoms with van der Waals surface area (Å²) in [7, 11) is -13.3. The van der Waals surface area contributed by atoms with Gasteiger partial charge in [-0.3, -0.25) is 13.3 Å². The molecule has 18 heteroatoms. The summed E-state index contributed by atoms with van der Waals surface area (Å²) in [5, 5.41) is 23.4. The average Bonchev–Trinajstić information content (AvgIpc) is 3.18. The van der Waals surface area contributed by atoms with Crippen LogP contribution in [0.3, 0.4) is 0 Å². The molecule has 4 saturated carbocycles. The van der Waals surface area contributed by atoms with Crippen molar-refractivity contribution in [3.8, 4) is 0 Å². The zero-order valence-electron chi connectivity index (χ0n) is 27.8. The van der Waals surface area contributed by atoms with Crippen molar-refractivity contribution in [2.24, 2.45) is 58.2 Å². The van der Waals surface area contributed by atoms with E-state index in [1.54, 1.807) is 0 Å². The van der Waals surface area contributed by atoms with Gasteiger partial charge in [0.25, 0.3) is 0 Å². The van der Waals surface area contributed by atoms with Crippen LogP contribution in [0.4, 0.5) is 0 Å². The van der Waals surface area contributed by atoms with E-state index in [9.17, 15) is 44.6 Å². The first-order valence-corrected chi connectivity index (χ1v) is 20.5. The fourth-order valence-electron chi connectivity index (χ4n) is 10.9. The lowest BCUT2D eigenvalue weighted by Crippen LogP contribution is -2.69. The molecule has 0 aromatic carbocycles. The van der Waals surface area contributed by atoms with Crippen LogP contribution in [0.2, 0.25) is 0 Å². The van der Waals surface area contributed by atoms with Crippen molar-refractivity contribution < 1.29 is 61.9 Å². The molecule has 16 atom stereocenters. The van der Waals surface area contributed by atoms with Crippen LogP contribution in [0.5, 0.6) is 0 Å². The summed E-state index contributed by atoms with van der Waals surface area (Å²) in [5.74, 6) is -3.10. The van der Waals surface area contributed by atoms with Crippen molar-refractivity contribution >= 4 is 31.1 Å². The highest BCUT2D eigenvalue weighted by Crippen LogP contribution is 2.70. The predicted molar refractivity (Wildman–Crippen MR) is 166 cm³/mol. The SMILES string of the molecule is CNS(=O)(=O)OC1C2OC(C(C)C(C)C)CC(C)C2C2(C)CCC3C(C(OS(=O)(=O)O)C(O)C4C(O)C(OS(=O)(=O)O)CCC34C)C12. The smallest absolute Gasteiger partial charge is 0.390 e. The fraction of sp³-hybridized carbons (Fsp3) is 1.00. The molecule has 0 aromatic rings. The molecule has 5 rings (SSSR count). The summed E-state index contributed by atoms with van der Waals surface area (Å²) < 4.78 is 118. The Bertz CT molecular complexity index is 1510. The summed E-state index contributed by atoms with van der Waals surface area (Å²) in [5.41, 5.74) is -1.64. The summed E-state index contributed by atoms with van der Waals surface area (Å²) in [6.07, 6.45) is -6.67. The lowest BCUT2D eigenvalue weighted by Gasteiger charge is -2.64. The molecule has 1 saturated heterocycles. The molecular weight excluding hydrogens is 683 g/mol. The Balaban J connectivity index is 1.66. The van der Waals surface area contributed by atoms with Gasteiger partial charge < -0.3 is 14.9 Å². The van der Waals surface area contributed by atoms with Crippen LogP contribution in [0, 0.1) is 58.2 Å². The Morgan fingerprint density at radius 2 is 1.40 bits per heavy atom. The lowest BCUT2D eigenvalue weighted by molar-refractivity contribution is -0.248. The van der Waals surface area contributed by atoms with Crippen molar-refractivity contribution in [1.29, 1.82) is 0 Å². The quantitative estimate of drug-likeness (QED) is 0.213. The van der Waals surface area contributed by atoms with Crippen LogP contribution in [0.1, 0.15) is 73.6 Å². The Morgan fingerprint density at radius 1 is 0.809 bits per heavy atom. The van der Waals surface area contributed by atoms with Crippen molar-refractivity contribution in [2.75, 3.05) is 7.05 Å². The Morgan fingerprint density at radius 3 is 1.96 bits per heavy atom. The van der Waals surface area contributed by atoms with E-state index in [2.05, 4.69) is 32.4 Å². The van der Waals surface area contributed by atoms with Gasteiger partial charge in [0.2, 0.25) is 0 Å². The largest absolute Gasteiger partial charge is 0.397 e. The van der Waals surface area contributed by atoms with Crippen LogP contribution in [-0.2, 0) is 48.4 Å². The van der Waals surface area contributed by atoms with E-state index >= 15 is 0 Å². The van der Waals surface area contributed by atoms with Gasteiger partial charge in [-0.15, -0.1) is 0 Å². The second kappa shape index (κ2) is 12.6. The number of rotatable bonds is 9. The number of aliphatic hydroxyl groups is 2. The van der Waals surface area contributed by atoms with Gasteiger partial charge in [-0.25, -0.2) is 8.37 Å². The van der Waals surface area contributed by atoms with E-state index in [0.29, 0.717) is 12.8 Å². The van der Waals surface area contributed by atoms with Crippen LogP contribution in [0.15, 0.2) is 0 Å². The van der Waals surface area contributed by atoms with E-state index in [-0.39, 0.29) is 42.6 Å². The van der Waals surface area contributed by atoms with Crippen molar-refractivity contribution in [3.05, 3.63) is 0 Å². The summed E-state index contributed by atoms with van der Waals surface area (Å²) in [4.78, 5) is 0. The number of nitrogens with one attached hydrogen (secondary N) is 1. The number of hydrogen-bond acceptors (Lipinski definition) is 12. The zero-order valence-corrected chi connectivity index (χ0v) is 30.2. The van der Waals surface area contributed by atoms with Gasteiger partial charge in [0.1, 0.15) is 18.3 Å². The molecule has 1 heterocycles. The maximum absolute atomic E-state index is 13.1. The number of aliphatic hydroxyl groups excluding tert-OH is 2. The summed E-state index contributed by atoms with van der Waals surface area (Å²) in [6.45, 7) is 12.2. The van der Waals surface area contributed by atoms with Gasteiger partial charge in [0.15, 0.2) is 0 Å². The number of ether oxygens (including phenoxy) is 1. The third-order valence-corrected chi connectivity index (χ3v) is 14.9. The first-order valence-electron chi connectivity index (χ1n) is 16.4. The molecule has 0 radical (unpaired) electrons. The van der Waals surface area contributed by atoms with E-state index in [0.717, 1.165) is 6.42 Å². The van der Waals surface area contributed by atoms with Crippen molar-refractivity contribution in [3.63, 3.8) is 0 Å². The second-order valence-corrected chi connectivity index (χ2v) is 19.2. The van der Waals surface area contributed by atoms with Crippen LogP contribution in [-0.4, -0.2) is 94.3 Å². The molecule has 5 N–H and O–H groups in total. The average molecular weight is 734 g/mol. The molecule has 47 heavy (non-hydrogen) atoms. The molecule has 4 aliphatic carbocycles. The molecule has 0 spiro atoms. The first kappa shape index (κ1) is 37.7. The standard InChI is InChI=1S/C29H51NO14S3/c1-13(2)15(4)18-12-14(3)20-26(41-18)27(43-45(33,34)30-7)21-19-16(8-10-29(20,21)6)28(5)11-9-17(42-46(35,36)37)23(31)22(28)24(32)25(19)44-47(38,39)40/h13-27,30-32H,8-12H2,1-7H3,(H,35,36,37)(H,38,39,40). The summed E-state index contributed by atoms with van der Waals surface area (Å²) in [6, 6.07) is 0. The van der Waals surface area contributed by atoms with Gasteiger partial charge in [0, 0.05) is 18.9 Å². The maximum Gasteiger partial charge on any atom is 0.397 e. The molecule has 274 valence electrons. The highest BCUT2D eigenvalue weighted by molar-refractivity contribution is 7.84. The molecule has 15 nitrogen and oxygen atoms in total. The monoisotopic (exact) mass is 733 g/mol. The van der Waals surface area contributed by atoms with Crippen LogP contribution >= 0.6 is 0 Å². The highest BCUT2D eigenvalue weighted by Gasteiger charge is 2.73. The molecule has 5 fully saturated rings. The molecular formula is C29H51NO14S3. The molecule has 0 aromatic heterocycles. The van der Waals surface area contributed by atoms with Gasteiger partial charge in [-0.2, -0.15) is 30.0 Å². The second-order valence-electron chi connectivity index (χ2n) is 15.6. The van der Waals surface area contributed by atoms with Gasteiger partial charge in [-0.1, -0.05) is 41.5 Å². The third kappa shape index (κ3) is 6.68. The normalized spacial score (nSPS) is 47.9. The van der Waals surface area contributed by atoms with Gasteiger partial charge >= 0.3 is 31.1 Å². The van der Waals surface area contributed by atoms with E-state index in [1.165, 1.54) is 7.05 Å². The van der Waals surface area contributed by atoms with Crippen LogP contribution < -0.4 is 4.72 Å². The molecule has 0 amide bonds. The first-order chi connectivity index (χ1) is 21.5. The van der Waals surface area contributed by atoms with Gasteiger partial charge in [-0.05, 0) is 78.4 Å². The molecule has 5 aliphatic rings. The number of hydrogen-bond donors (Lipinski definition) is 5. The van der Waals surface area contributed by atoms with E-state index in [4.69, 9.17) is 17.3 Å². The zero-order chi connectivity index (χ0) is 35.2. The van der Waals surface area contributed by atoms with Crippen molar-refractivity contribution in [2.45, 2.75) is 116 Å². The summed E-state index contributed by atoms with van der Waals surface area (Å²) >= 11 is 0. The molecule has 16 unspecified atom stereocenters. The Kier molecular flexibility index (Phi) is 10.1. The minimum Gasteiger partial charge on any atom is -0.390 e. The maximum atomic E-state index is 13.1.